The molecule has 0 saturated carbocycles. The molecule has 0 radical (unpaired) electrons. The molecule has 4 nitrogen and oxygen atoms in total. The minimum atomic E-state index is -0.217. The Morgan fingerprint density at radius 3 is 2.64 bits per heavy atom. The summed E-state index contributed by atoms with van der Waals surface area (Å²) in [5.74, 6) is -0.163. The highest BCUT2D eigenvalue weighted by Gasteiger charge is 2.38. The van der Waals surface area contributed by atoms with Crippen molar-refractivity contribution in [2.75, 3.05) is 26.4 Å². The number of hydrogen-bond donors (Lipinski definition) is 1. The summed E-state index contributed by atoms with van der Waals surface area (Å²) in [6, 6.07) is 5.42. The lowest BCUT2D eigenvalue weighted by Gasteiger charge is -2.39. The first-order valence-corrected chi connectivity index (χ1v) is 8.30. The molecule has 2 aliphatic heterocycles. The predicted octanol–water partition coefficient (Wildman–Crippen LogP) is 2.95. The van der Waals surface area contributed by atoms with Crippen molar-refractivity contribution in [1.82, 2.24) is 5.32 Å². The van der Waals surface area contributed by atoms with Gasteiger partial charge in [-0.2, -0.15) is 0 Å². The maximum absolute atomic E-state index is 11.6. The quantitative estimate of drug-likeness (QED) is 0.854. The number of nitrogens with one attached hydrogen (secondary N) is 1. The van der Waals surface area contributed by atoms with Gasteiger partial charge in [0, 0.05) is 41.6 Å². The first-order valence-electron chi connectivity index (χ1n) is 7.54. The molecule has 0 aromatic heterocycles. The number of benzene rings is 1. The molecule has 0 aliphatic carbocycles. The van der Waals surface area contributed by atoms with E-state index in [-0.39, 0.29) is 17.4 Å². The standard InChI is InChI=1S/C16H19Cl2NO3/c17-11-1-2-12(13(18)9-11)16(4-7-21-8-5-16)10-19-14-3-6-22-15(14)20/h1-2,9,14,19H,3-8,10H2/t14-/m0/s1. The van der Waals surface area contributed by atoms with Crippen molar-refractivity contribution in [3.8, 4) is 0 Å². The third-order valence-electron chi connectivity index (χ3n) is 4.57. The molecule has 0 bridgehead atoms. The van der Waals surface area contributed by atoms with Crippen LogP contribution >= 0.6 is 23.2 Å². The number of ether oxygens (including phenoxy) is 2. The zero-order valence-corrected chi connectivity index (χ0v) is 13.8. The summed E-state index contributed by atoms with van der Waals surface area (Å²) in [6.45, 7) is 2.55. The molecule has 1 aromatic carbocycles. The van der Waals surface area contributed by atoms with Gasteiger partial charge < -0.3 is 14.8 Å². The van der Waals surface area contributed by atoms with Gasteiger partial charge in [-0.1, -0.05) is 29.3 Å². The maximum Gasteiger partial charge on any atom is 0.323 e. The molecule has 2 fully saturated rings. The lowest BCUT2D eigenvalue weighted by molar-refractivity contribution is -0.139. The Kier molecular flexibility index (Phi) is 4.93. The largest absolute Gasteiger partial charge is 0.464 e. The average molecular weight is 344 g/mol. The van der Waals surface area contributed by atoms with Crippen LogP contribution in [0.1, 0.15) is 24.8 Å². The minimum Gasteiger partial charge on any atom is -0.464 e. The van der Waals surface area contributed by atoms with Crippen LogP contribution in [-0.4, -0.2) is 38.4 Å². The molecule has 120 valence electrons. The predicted molar refractivity (Wildman–Crippen MR) is 85.6 cm³/mol. The number of esters is 1. The van der Waals surface area contributed by atoms with E-state index in [1.165, 1.54) is 0 Å². The molecule has 0 amide bonds. The van der Waals surface area contributed by atoms with Gasteiger partial charge in [-0.3, -0.25) is 4.79 Å². The lowest BCUT2D eigenvalue weighted by atomic mass is 9.74. The van der Waals surface area contributed by atoms with E-state index in [1.54, 1.807) is 6.07 Å². The fourth-order valence-electron chi connectivity index (χ4n) is 3.22. The number of rotatable bonds is 4. The summed E-state index contributed by atoms with van der Waals surface area (Å²) in [7, 11) is 0. The van der Waals surface area contributed by atoms with Crippen LogP contribution in [-0.2, 0) is 19.7 Å². The zero-order valence-electron chi connectivity index (χ0n) is 12.2. The van der Waals surface area contributed by atoms with Gasteiger partial charge in [-0.15, -0.1) is 0 Å². The monoisotopic (exact) mass is 343 g/mol. The Hall–Kier alpha value is -0.810. The van der Waals surface area contributed by atoms with Gasteiger partial charge in [0.05, 0.1) is 6.61 Å². The molecule has 22 heavy (non-hydrogen) atoms. The van der Waals surface area contributed by atoms with Crippen molar-refractivity contribution < 1.29 is 14.3 Å². The van der Waals surface area contributed by atoms with Gasteiger partial charge >= 0.3 is 5.97 Å². The van der Waals surface area contributed by atoms with Gasteiger partial charge in [0.1, 0.15) is 6.04 Å². The van der Waals surface area contributed by atoms with Crippen LogP contribution in [0.25, 0.3) is 0 Å². The van der Waals surface area contributed by atoms with E-state index < -0.39 is 0 Å². The van der Waals surface area contributed by atoms with Crippen molar-refractivity contribution >= 4 is 29.2 Å². The van der Waals surface area contributed by atoms with Gasteiger partial charge in [-0.25, -0.2) is 0 Å². The summed E-state index contributed by atoms with van der Waals surface area (Å²) < 4.78 is 10.5. The second-order valence-corrected chi connectivity index (χ2v) is 6.75. The van der Waals surface area contributed by atoms with Crippen LogP contribution in [0.15, 0.2) is 18.2 Å². The van der Waals surface area contributed by atoms with Crippen molar-refractivity contribution in [1.29, 1.82) is 0 Å². The van der Waals surface area contributed by atoms with Crippen LogP contribution in [0, 0.1) is 0 Å². The van der Waals surface area contributed by atoms with E-state index >= 15 is 0 Å². The van der Waals surface area contributed by atoms with Crippen LogP contribution in [0.4, 0.5) is 0 Å². The topological polar surface area (TPSA) is 47.6 Å². The van der Waals surface area contributed by atoms with Gasteiger partial charge in [0.25, 0.3) is 0 Å². The van der Waals surface area contributed by atoms with Gasteiger partial charge in [-0.05, 0) is 30.5 Å². The number of carbonyl (C=O) groups excluding carboxylic acids is 1. The number of cyclic esters (lactones) is 1. The molecule has 1 atom stereocenters. The van der Waals surface area contributed by atoms with Gasteiger partial charge in [0.2, 0.25) is 0 Å². The molecule has 0 spiro atoms. The summed E-state index contributed by atoms with van der Waals surface area (Å²) in [4.78, 5) is 11.6. The lowest BCUT2D eigenvalue weighted by Crippen LogP contribution is -2.47. The highest BCUT2D eigenvalue weighted by atomic mass is 35.5. The molecule has 3 rings (SSSR count). The summed E-state index contributed by atoms with van der Waals surface area (Å²) in [5.41, 5.74) is 0.934. The second-order valence-electron chi connectivity index (χ2n) is 5.91. The molecule has 1 N–H and O–H groups in total. The third-order valence-corrected chi connectivity index (χ3v) is 5.12. The van der Waals surface area contributed by atoms with Crippen molar-refractivity contribution in [2.24, 2.45) is 0 Å². The fourth-order valence-corrected chi connectivity index (χ4v) is 3.83. The molecule has 2 heterocycles. The Morgan fingerprint density at radius 2 is 2.00 bits per heavy atom. The summed E-state index contributed by atoms with van der Waals surface area (Å²) in [5, 5.41) is 4.66. The normalized spacial score (nSPS) is 24.3. The van der Waals surface area contributed by atoms with E-state index in [2.05, 4.69) is 5.32 Å². The highest BCUT2D eigenvalue weighted by Crippen LogP contribution is 2.39. The van der Waals surface area contributed by atoms with Crippen molar-refractivity contribution in [2.45, 2.75) is 30.7 Å². The first-order chi connectivity index (χ1) is 10.6. The Balaban J connectivity index is 1.82. The third kappa shape index (κ3) is 3.25. The average Bonchev–Trinajstić information content (AvgIpc) is 2.91. The van der Waals surface area contributed by atoms with E-state index in [1.807, 2.05) is 12.1 Å². The maximum atomic E-state index is 11.6. The van der Waals surface area contributed by atoms with E-state index in [0.717, 1.165) is 24.8 Å². The number of hydrogen-bond acceptors (Lipinski definition) is 4. The Bertz CT molecular complexity index is 558. The smallest absolute Gasteiger partial charge is 0.323 e. The first kappa shape index (κ1) is 16.1. The molecular weight excluding hydrogens is 325 g/mol. The molecule has 2 saturated heterocycles. The Labute approximate surface area is 140 Å². The number of halogens is 2. The van der Waals surface area contributed by atoms with Crippen LogP contribution < -0.4 is 5.32 Å². The molecule has 6 heteroatoms. The van der Waals surface area contributed by atoms with E-state index in [9.17, 15) is 4.79 Å². The molecule has 1 aromatic rings. The van der Waals surface area contributed by atoms with Crippen LogP contribution in [0.2, 0.25) is 10.0 Å². The van der Waals surface area contributed by atoms with E-state index in [4.69, 9.17) is 32.7 Å². The fraction of sp³-hybridized carbons (Fsp3) is 0.562. The van der Waals surface area contributed by atoms with Crippen LogP contribution in [0.3, 0.4) is 0 Å². The van der Waals surface area contributed by atoms with Crippen molar-refractivity contribution in [3.05, 3.63) is 33.8 Å². The van der Waals surface area contributed by atoms with E-state index in [0.29, 0.717) is 36.4 Å². The Morgan fingerprint density at radius 1 is 1.23 bits per heavy atom. The summed E-state index contributed by atoms with van der Waals surface area (Å²) >= 11 is 12.4. The molecule has 2 aliphatic rings. The SMILES string of the molecule is O=C1OCC[C@@H]1NCC1(c2ccc(Cl)cc2Cl)CCOCC1. The van der Waals surface area contributed by atoms with Crippen molar-refractivity contribution in [3.63, 3.8) is 0 Å². The summed E-state index contributed by atoms with van der Waals surface area (Å²) in [6.07, 6.45) is 2.45. The van der Waals surface area contributed by atoms with Gasteiger partial charge in [0.15, 0.2) is 0 Å². The minimum absolute atomic E-state index is 0.136. The number of carbonyl (C=O) groups is 1. The molecule has 0 unspecified atom stereocenters. The highest BCUT2D eigenvalue weighted by molar-refractivity contribution is 6.35. The molecular formula is C16H19Cl2NO3. The second kappa shape index (κ2) is 6.75. The zero-order chi connectivity index (χ0) is 15.6. The van der Waals surface area contributed by atoms with Crippen LogP contribution in [0.5, 0.6) is 0 Å².